The van der Waals surface area contributed by atoms with Crippen molar-refractivity contribution in [2.24, 2.45) is 5.41 Å². The number of pyridine rings is 1. The molecule has 1 unspecified atom stereocenters. The molecule has 138 valence electrons. The first-order valence-electron chi connectivity index (χ1n) is 8.70. The molecule has 0 radical (unpaired) electrons. The lowest BCUT2D eigenvalue weighted by Gasteiger charge is -2.19. The predicted molar refractivity (Wildman–Crippen MR) is 97.7 cm³/mol. The largest absolute Gasteiger partial charge is 0.481 e. The molecule has 0 saturated carbocycles. The van der Waals surface area contributed by atoms with E-state index >= 15 is 0 Å². The van der Waals surface area contributed by atoms with Crippen LogP contribution in [0.2, 0.25) is 0 Å². The smallest absolute Gasteiger partial charge is 0.311 e. The third kappa shape index (κ3) is 2.73. The Bertz CT molecular complexity index is 1060. The molecule has 8 nitrogen and oxygen atoms in total. The molecule has 27 heavy (non-hydrogen) atoms. The van der Waals surface area contributed by atoms with Gasteiger partial charge in [-0.3, -0.25) is 14.6 Å². The monoisotopic (exact) mass is 365 g/mol. The number of nitrogens with zero attached hydrogens (tertiary/aromatic N) is 5. The molecule has 0 bridgehead atoms. The van der Waals surface area contributed by atoms with E-state index in [4.69, 9.17) is 0 Å². The average molecular weight is 365 g/mol. The van der Waals surface area contributed by atoms with Crippen LogP contribution >= 0.6 is 0 Å². The van der Waals surface area contributed by atoms with Crippen molar-refractivity contribution in [1.82, 2.24) is 24.9 Å². The van der Waals surface area contributed by atoms with Gasteiger partial charge in [0.2, 0.25) is 0 Å². The van der Waals surface area contributed by atoms with Crippen molar-refractivity contribution in [3.63, 3.8) is 0 Å². The Morgan fingerprint density at radius 3 is 2.78 bits per heavy atom. The molecular formula is C19H19N5O3. The number of carboxylic acid groups (broad SMARTS) is 1. The molecule has 8 heteroatoms. The van der Waals surface area contributed by atoms with Crippen LogP contribution in [0.15, 0.2) is 36.5 Å². The van der Waals surface area contributed by atoms with Gasteiger partial charge in [-0.2, -0.15) is 0 Å². The quantitative estimate of drug-likeness (QED) is 0.762. The van der Waals surface area contributed by atoms with Gasteiger partial charge in [0.15, 0.2) is 5.69 Å². The highest BCUT2D eigenvalue weighted by Gasteiger charge is 2.43. The number of aromatic nitrogens is 4. The molecule has 1 aromatic carbocycles. The third-order valence-electron chi connectivity index (χ3n) is 5.22. The summed E-state index contributed by atoms with van der Waals surface area (Å²) in [7, 11) is 0. The number of benzene rings is 1. The highest BCUT2D eigenvalue weighted by Crippen LogP contribution is 2.31. The van der Waals surface area contributed by atoms with Gasteiger partial charge < -0.3 is 10.0 Å². The molecule has 1 N–H and O–H groups in total. The lowest BCUT2D eigenvalue weighted by Crippen LogP contribution is -2.35. The number of fused-ring (bicyclic) bond motifs is 1. The van der Waals surface area contributed by atoms with Crippen molar-refractivity contribution in [2.45, 2.75) is 20.3 Å². The summed E-state index contributed by atoms with van der Waals surface area (Å²) < 4.78 is 1.63. The minimum atomic E-state index is -0.916. The highest BCUT2D eigenvalue weighted by atomic mass is 16.4. The number of hydrogen-bond acceptors (Lipinski definition) is 5. The molecule has 1 saturated heterocycles. The first kappa shape index (κ1) is 17.1. The Morgan fingerprint density at radius 2 is 2.04 bits per heavy atom. The van der Waals surface area contributed by atoms with Gasteiger partial charge in [-0.25, -0.2) is 4.68 Å². The zero-order valence-electron chi connectivity index (χ0n) is 15.1. The zero-order chi connectivity index (χ0) is 19.2. The molecule has 1 fully saturated rings. The Labute approximate surface area is 155 Å². The molecule has 1 amide bonds. The number of carboxylic acids is 1. The van der Waals surface area contributed by atoms with Crippen LogP contribution in [0.4, 0.5) is 0 Å². The summed E-state index contributed by atoms with van der Waals surface area (Å²) in [5.74, 6) is -1.18. The highest BCUT2D eigenvalue weighted by molar-refractivity contribution is 5.94. The fraction of sp³-hybridized carbons (Fsp3) is 0.316. The molecule has 1 atom stereocenters. The van der Waals surface area contributed by atoms with Crippen LogP contribution in [0, 0.1) is 12.3 Å². The Hall–Kier alpha value is -3.29. The molecule has 4 rings (SSSR count). The van der Waals surface area contributed by atoms with E-state index in [1.807, 2.05) is 30.3 Å². The van der Waals surface area contributed by atoms with Gasteiger partial charge >= 0.3 is 5.97 Å². The maximum Gasteiger partial charge on any atom is 0.311 e. The van der Waals surface area contributed by atoms with E-state index in [1.165, 1.54) is 0 Å². The minimum Gasteiger partial charge on any atom is -0.481 e. The summed E-state index contributed by atoms with van der Waals surface area (Å²) in [6, 6.07) is 9.48. The molecular weight excluding hydrogens is 346 g/mol. The molecule has 1 aliphatic heterocycles. The Kier molecular flexibility index (Phi) is 3.91. The fourth-order valence-electron chi connectivity index (χ4n) is 3.49. The summed E-state index contributed by atoms with van der Waals surface area (Å²) in [6.07, 6.45) is 2.15. The molecule has 3 heterocycles. The Balaban J connectivity index is 1.69. The van der Waals surface area contributed by atoms with E-state index < -0.39 is 11.4 Å². The maximum absolute atomic E-state index is 12.9. The van der Waals surface area contributed by atoms with E-state index in [0.717, 1.165) is 16.6 Å². The first-order chi connectivity index (χ1) is 12.9. The minimum absolute atomic E-state index is 0.172. The fourth-order valence-corrected chi connectivity index (χ4v) is 3.49. The van der Waals surface area contributed by atoms with Crippen LogP contribution in [0.5, 0.6) is 0 Å². The topological polar surface area (TPSA) is 101 Å². The van der Waals surface area contributed by atoms with Crippen molar-refractivity contribution in [1.29, 1.82) is 0 Å². The SMILES string of the molecule is Cc1c(C(=O)N2CCC(C)(C(=O)O)C2)nnn1-c1cccc2ncccc12. The summed E-state index contributed by atoms with van der Waals surface area (Å²) in [5.41, 5.74) is 1.56. The van der Waals surface area contributed by atoms with Gasteiger partial charge in [-0.05, 0) is 44.5 Å². The molecule has 3 aromatic rings. The number of likely N-dealkylation sites (tertiary alicyclic amines) is 1. The molecule has 0 aliphatic carbocycles. The standard InChI is InChI=1S/C19H19N5O3/c1-12-16(17(25)23-10-8-19(2,11-23)18(26)27)21-22-24(12)15-7-3-6-14-13(15)5-4-9-20-14/h3-7,9H,8,10-11H2,1-2H3,(H,26,27). The molecule has 1 aliphatic rings. The number of carbonyl (C=O) groups excluding carboxylic acids is 1. The normalized spacial score (nSPS) is 19.6. The van der Waals surface area contributed by atoms with E-state index in [1.54, 1.807) is 29.6 Å². The van der Waals surface area contributed by atoms with Crippen LogP contribution in [-0.4, -0.2) is 55.0 Å². The Morgan fingerprint density at radius 1 is 1.22 bits per heavy atom. The van der Waals surface area contributed by atoms with Crippen molar-refractivity contribution in [3.8, 4) is 5.69 Å². The van der Waals surface area contributed by atoms with Crippen LogP contribution in [0.3, 0.4) is 0 Å². The van der Waals surface area contributed by atoms with Crippen molar-refractivity contribution in [3.05, 3.63) is 47.9 Å². The second-order valence-corrected chi connectivity index (χ2v) is 7.13. The van der Waals surface area contributed by atoms with Gasteiger partial charge in [0.1, 0.15) is 0 Å². The second kappa shape index (κ2) is 6.15. The van der Waals surface area contributed by atoms with E-state index in [0.29, 0.717) is 18.7 Å². The first-order valence-corrected chi connectivity index (χ1v) is 8.70. The van der Waals surface area contributed by atoms with E-state index in [9.17, 15) is 14.7 Å². The predicted octanol–water partition coefficient (Wildman–Crippen LogP) is 2.06. The van der Waals surface area contributed by atoms with Crippen molar-refractivity contribution < 1.29 is 14.7 Å². The van der Waals surface area contributed by atoms with Crippen LogP contribution in [0.25, 0.3) is 16.6 Å². The van der Waals surface area contributed by atoms with E-state index in [2.05, 4.69) is 15.3 Å². The second-order valence-electron chi connectivity index (χ2n) is 7.13. The lowest BCUT2D eigenvalue weighted by atomic mass is 9.90. The van der Waals surface area contributed by atoms with Gasteiger partial charge in [-0.15, -0.1) is 5.10 Å². The zero-order valence-corrected chi connectivity index (χ0v) is 15.1. The van der Waals surface area contributed by atoms with Crippen LogP contribution in [0.1, 0.15) is 29.5 Å². The summed E-state index contributed by atoms with van der Waals surface area (Å²) in [6.45, 7) is 4.02. The average Bonchev–Trinajstić information content (AvgIpc) is 3.25. The lowest BCUT2D eigenvalue weighted by molar-refractivity contribution is -0.147. The maximum atomic E-state index is 12.9. The van der Waals surface area contributed by atoms with Gasteiger partial charge in [0.25, 0.3) is 5.91 Å². The number of hydrogen-bond donors (Lipinski definition) is 1. The molecule has 2 aromatic heterocycles. The van der Waals surface area contributed by atoms with Crippen LogP contribution < -0.4 is 0 Å². The number of aliphatic carboxylic acids is 1. The van der Waals surface area contributed by atoms with Crippen molar-refractivity contribution in [2.75, 3.05) is 13.1 Å². The van der Waals surface area contributed by atoms with Gasteiger partial charge in [0.05, 0.1) is 22.3 Å². The van der Waals surface area contributed by atoms with Crippen LogP contribution in [-0.2, 0) is 4.79 Å². The van der Waals surface area contributed by atoms with Gasteiger partial charge in [-0.1, -0.05) is 11.3 Å². The van der Waals surface area contributed by atoms with E-state index in [-0.39, 0.29) is 18.1 Å². The number of rotatable bonds is 3. The third-order valence-corrected chi connectivity index (χ3v) is 5.22. The molecule has 0 spiro atoms. The summed E-state index contributed by atoms with van der Waals surface area (Å²) in [4.78, 5) is 30.2. The van der Waals surface area contributed by atoms with Crippen molar-refractivity contribution >= 4 is 22.8 Å². The van der Waals surface area contributed by atoms with Gasteiger partial charge in [0, 0.05) is 24.7 Å². The number of amides is 1. The number of carbonyl (C=O) groups is 2. The summed E-state index contributed by atoms with van der Waals surface area (Å²) >= 11 is 0. The summed E-state index contributed by atoms with van der Waals surface area (Å²) in [5, 5.41) is 18.5.